The Morgan fingerprint density at radius 2 is 1.64 bits per heavy atom. The summed E-state index contributed by atoms with van der Waals surface area (Å²) in [5.74, 6) is 0.689. The lowest BCUT2D eigenvalue weighted by Gasteiger charge is -2.20. The van der Waals surface area contributed by atoms with Crippen LogP contribution in [0.4, 0.5) is 4.79 Å². The maximum Gasteiger partial charge on any atom is 0.409 e. The van der Waals surface area contributed by atoms with Crippen molar-refractivity contribution in [1.82, 2.24) is 14.5 Å². The number of nitrogens with zero attached hydrogens (tertiary/aromatic N) is 3. The number of imidazole rings is 1. The molecule has 2 aliphatic rings. The number of benzene rings is 3. The number of carbonyl (C=O) groups excluding carboxylic acids is 1. The number of hydrogen-bond donors (Lipinski definition) is 1. The fourth-order valence-electron chi connectivity index (χ4n) is 5.42. The van der Waals surface area contributed by atoms with Crippen molar-refractivity contribution in [1.29, 1.82) is 0 Å². The highest BCUT2D eigenvalue weighted by atomic mass is 16.6. The molecule has 1 aromatic heterocycles. The van der Waals surface area contributed by atoms with Gasteiger partial charge < -0.3 is 19.3 Å². The van der Waals surface area contributed by atoms with E-state index in [0.29, 0.717) is 25.5 Å². The van der Waals surface area contributed by atoms with Gasteiger partial charge >= 0.3 is 6.09 Å². The third-order valence-corrected chi connectivity index (χ3v) is 6.93. The molecule has 1 aliphatic heterocycles. The summed E-state index contributed by atoms with van der Waals surface area (Å²) in [6.45, 7) is 1.36. The molecular weight excluding hydrogens is 414 g/mol. The van der Waals surface area contributed by atoms with E-state index in [2.05, 4.69) is 45.9 Å². The van der Waals surface area contributed by atoms with Crippen molar-refractivity contribution in [3.63, 3.8) is 0 Å². The summed E-state index contributed by atoms with van der Waals surface area (Å²) >= 11 is 0. The Balaban J connectivity index is 1.18. The molecule has 1 atom stereocenters. The summed E-state index contributed by atoms with van der Waals surface area (Å²) in [6, 6.07) is 24.6. The van der Waals surface area contributed by atoms with Crippen LogP contribution in [0.2, 0.25) is 0 Å². The van der Waals surface area contributed by atoms with E-state index < -0.39 is 0 Å². The number of para-hydroxylation sites is 2. The van der Waals surface area contributed by atoms with Crippen molar-refractivity contribution < 1.29 is 14.6 Å². The lowest BCUT2D eigenvalue weighted by Crippen LogP contribution is -2.31. The number of ether oxygens (including phenoxy) is 1. The average Bonchev–Trinajstić information content (AvgIpc) is 3.56. The molecule has 6 heteroatoms. The summed E-state index contributed by atoms with van der Waals surface area (Å²) in [4.78, 5) is 19.3. The maximum atomic E-state index is 13.0. The number of aromatic nitrogens is 2. The first kappa shape index (κ1) is 20.0. The van der Waals surface area contributed by atoms with Gasteiger partial charge in [0.05, 0.1) is 17.1 Å². The fourth-order valence-corrected chi connectivity index (χ4v) is 5.42. The summed E-state index contributed by atoms with van der Waals surface area (Å²) in [7, 11) is 0. The normalized spacial score (nSPS) is 17.4. The van der Waals surface area contributed by atoms with Crippen molar-refractivity contribution >= 4 is 17.1 Å². The van der Waals surface area contributed by atoms with Crippen molar-refractivity contribution in [2.75, 3.05) is 19.7 Å². The summed E-state index contributed by atoms with van der Waals surface area (Å²) in [6.07, 6.45) is 0.520. The maximum absolute atomic E-state index is 13.0. The average molecular weight is 440 g/mol. The lowest BCUT2D eigenvalue weighted by atomic mass is 9.98. The minimum absolute atomic E-state index is 0.0540. The Morgan fingerprint density at radius 3 is 2.36 bits per heavy atom. The molecule has 1 fully saturated rings. The van der Waals surface area contributed by atoms with Gasteiger partial charge in [-0.2, -0.15) is 0 Å². The number of likely N-dealkylation sites (tertiary alicyclic amines) is 1. The Labute approximate surface area is 192 Å². The summed E-state index contributed by atoms with van der Waals surface area (Å²) in [5.41, 5.74) is 6.71. The molecule has 1 N–H and O–H groups in total. The molecule has 0 saturated carbocycles. The van der Waals surface area contributed by atoms with Gasteiger partial charge in [-0.25, -0.2) is 9.78 Å². The van der Waals surface area contributed by atoms with Crippen molar-refractivity contribution in [2.45, 2.75) is 25.0 Å². The molecule has 4 aromatic rings. The third kappa shape index (κ3) is 3.29. The molecule has 6 nitrogen and oxygen atoms in total. The van der Waals surface area contributed by atoms with Crippen LogP contribution in [0.3, 0.4) is 0 Å². The number of carbonyl (C=O) groups is 1. The predicted octanol–water partition coefficient (Wildman–Crippen LogP) is 4.72. The van der Waals surface area contributed by atoms with Crippen LogP contribution in [0, 0.1) is 0 Å². The first-order chi connectivity index (χ1) is 16.2. The molecule has 166 valence electrons. The van der Waals surface area contributed by atoms with Crippen LogP contribution < -0.4 is 0 Å². The van der Waals surface area contributed by atoms with Crippen molar-refractivity contribution in [3.05, 3.63) is 89.7 Å². The van der Waals surface area contributed by atoms with E-state index in [0.717, 1.165) is 17.5 Å². The quantitative estimate of drug-likeness (QED) is 0.499. The van der Waals surface area contributed by atoms with Gasteiger partial charge in [-0.15, -0.1) is 0 Å². The van der Waals surface area contributed by atoms with Gasteiger partial charge in [0, 0.05) is 19.0 Å². The minimum Gasteiger partial charge on any atom is -0.448 e. The second-order valence-electron chi connectivity index (χ2n) is 8.74. The first-order valence-corrected chi connectivity index (χ1v) is 11.4. The largest absolute Gasteiger partial charge is 0.448 e. The lowest BCUT2D eigenvalue weighted by molar-refractivity contribution is 0.107. The molecule has 0 spiro atoms. The van der Waals surface area contributed by atoms with Crippen molar-refractivity contribution in [2.24, 2.45) is 0 Å². The Bertz CT molecular complexity index is 1300. The zero-order valence-electron chi connectivity index (χ0n) is 18.2. The second kappa shape index (κ2) is 8.05. The zero-order valence-corrected chi connectivity index (χ0v) is 18.2. The second-order valence-corrected chi connectivity index (χ2v) is 8.74. The monoisotopic (exact) mass is 439 g/mol. The standard InChI is InChI=1S/C27H25N3O3/c31-16-26-28-24-11-5-6-12-25(24)30(26)18-13-14-29(15-18)27(32)33-17-23-21-9-3-1-7-19(21)20-8-2-4-10-22(20)23/h1-12,18,23,31H,13-17H2. The molecule has 1 aliphatic carbocycles. The van der Waals surface area contributed by atoms with Crippen LogP contribution in [-0.2, 0) is 11.3 Å². The van der Waals surface area contributed by atoms with Crippen LogP contribution >= 0.6 is 0 Å². The fraction of sp³-hybridized carbons (Fsp3) is 0.259. The molecule has 33 heavy (non-hydrogen) atoms. The van der Waals surface area contributed by atoms with E-state index in [1.165, 1.54) is 22.3 Å². The summed E-state index contributed by atoms with van der Waals surface area (Å²) in [5, 5.41) is 9.83. The Kier molecular flexibility index (Phi) is 4.88. The van der Waals surface area contributed by atoms with E-state index in [1.54, 1.807) is 4.90 Å². The van der Waals surface area contributed by atoms with Crippen LogP contribution in [0.25, 0.3) is 22.2 Å². The SMILES string of the molecule is O=C(OCC1c2ccccc2-c2ccccc21)N1CCC(n2c(CO)nc3ccccc32)C1. The smallest absolute Gasteiger partial charge is 0.409 e. The molecule has 2 heterocycles. The van der Waals surface area contributed by atoms with E-state index in [1.807, 2.05) is 36.4 Å². The van der Waals surface area contributed by atoms with Gasteiger partial charge in [-0.3, -0.25) is 0 Å². The number of aliphatic hydroxyl groups is 1. The molecular formula is C27H25N3O3. The highest BCUT2D eigenvalue weighted by Gasteiger charge is 2.33. The van der Waals surface area contributed by atoms with Gasteiger partial charge in [-0.05, 0) is 40.8 Å². The van der Waals surface area contributed by atoms with Gasteiger partial charge in [0.25, 0.3) is 0 Å². The first-order valence-electron chi connectivity index (χ1n) is 11.4. The number of amides is 1. The third-order valence-electron chi connectivity index (χ3n) is 6.93. The van der Waals surface area contributed by atoms with E-state index in [-0.39, 0.29) is 24.7 Å². The Hall–Kier alpha value is -3.64. The van der Waals surface area contributed by atoms with E-state index >= 15 is 0 Å². The predicted molar refractivity (Wildman–Crippen MR) is 126 cm³/mol. The van der Waals surface area contributed by atoms with E-state index in [9.17, 15) is 9.90 Å². The minimum atomic E-state index is -0.283. The van der Waals surface area contributed by atoms with Gasteiger partial charge in [0.1, 0.15) is 19.0 Å². The molecule has 6 rings (SSSR count). The molecule has 3 aromatic carbocycles. The molecule has 1 amide bonds. The number of hydrogen-bond acceptors (Lipinski definition) is 4. The van der Waals surface area contributed by atoms with Crippen LogP contribution in [-0.4, -0.2) is 45.3 Å². The molecule has 1 saturated heterocycles. The van der Waals surface area contributed by atoms with Gasteiger partial charge in [-0.1, -0.05) is 60.7 Å². The van der Waals surface area contributed by atoms with Gasteiger partial charge in [0.15, 0.2) is 0 Å². The number of fused-ring (bicyclic) bond motifs is 4. The number of rotatable bonds is 4. The molecule has 0 bridgehead atoms. The highest BCUT2D eigenvalue weighted by molar-refractivity contribution is 5.79. The van der Waals surface area contributed by atoms with Crippen LogP contribution in [0.15, 0.2) is 72.8 Å². The summed E-state index contributed by atoms with van der Waals surface area (Å²) < 4.78 is 7.92. The van der Waals surface area contributed by atoms with Crippen LogP contribution in [0.1, 0.15) is 35.3 Å². The van der Waals surface area contributed by atoms with E-state index in [4.69, 9.17) is 4.74 Å². The number of aliphatic hydroxyl groups excluding tert-OH is 1. The van der Waals surface area contributed by atoms with Crippen molar-refractivity contribution in [3.8, 4) is 11.1 Å². The highest BCUT2D eigenvalue weighted by Crippen LogP contribution is 2.44. The van der Waals surface area contributed by atoms with Crippen LogP contribution in [0.5, 0.6) is 0 Å². The zero-order chi connectivity index (χ0) is 22.4. The molecule has 0 radical (unpaired) electrons. The van der Waals surface area contributed by atoms with Gasteiger partial charge in [0.2, 0.25) is 0 Å². The topological polar surface area (TPSA) is 67.6 Å². The molecule has 1 unspecified atom stereocenters. The Morgan fingerprint density at radius 1 is 0.970 bits per heavy atom.